The molecule has 0 radical (unpaired) electrons. The van der Waals surface area contributed by atoms with Crippen LogP contribution in [0.4, 0.5) is 10.5 Å². The van der Waals surface area contributed by atoms with E-state index in [1.54, 1.807) is 24.3 Å². The molecule has 0 unspecified atom stereocenters. The summed E-state index contributed by atoms with van der Waals surface area (Å²) in [5.41, 5.74) is -0.310. The molecule has 2 N–H and O–H groups in total. The van der Waals surface area contributed by atoms with E-state index in [0.29, 0.717) is 24.4 Å². The molecule has 1 aliphatic carbocycles. The maximum absolute atomic E-state index is 12.7. The van der Waals surface area contributed by atoms with Gasteiger partial charge in [-0.2, -0.15) is 0 Å². The second-order valence-corrected chi connectivity index (χ2v) is 7.16. The number of benzene rings is 1. The summed E-state index contributed by atoms with van der Waals surface area (Å²) in [6, 6.07) is 8.17. The van der Waals surface area contributed by atoms with Crippen molar-refractivity contribution in [2.45, 2.75) is 38.1 Å². The van der Waals surface area contributed by atoms with E-state index >= 15 is 0 Å². The van der Waals surface area contributed by atoms with Gasteiger partial charge >= 0.3 is 12.0 Å². The summed E-state index contributed by atoms with van der Waals surface area (Å²) in [6.45, 7) is 1.13. The lowest BCUT2D eigenvalue weighted by Gasteiger charge is -2.33. The van der Waals surface area contributed by atoms with Crippen molar-refractivity contribution >= 4 is 29.5 Å². The quantitative estimate of drug-likeness (QED) is 0.603. The van der Waals surface area contributed by atoms with Crippen molar-refractivity contribution < 1.29 is 23.9 Å². The summed E-state index contributed by atoms with van der Waals surface area (Å²) >= 11 is 0. The number of carbonyl (C=O) groups excluding carboxylic acids is 4. The molecule has 144 valence electrons. The first-order chi connectivity index (χ1) is 12.9. The fourth-order valence-electron chi connectivity index (χ4n) is 3.45. The van der Waals surface area contributed by atoms with E-state index in [-0.39, 0.29) is 5.91 Å². The van der Waals surface area contributed by atoms with Gasteiger partial charge in [0.2, 0.25) is 0 Å². The number of nitrogens with zero attached hydrogens (tertiary/aromatic N) is 1. The number of nitrogens with one attached hydrogen (secondary N) is 2. The molecule has 0 bridgehead atoms. The minimum absolute atomic E-state index is 0.384. The Labute approximate surface area is 157 Å². The molecule has 1 aromatic rings. The Morgan fingerprint density at radius 3 is 2.56 bits per heavy atom. The van der Waals surface area contributed by atoms with Crippen LogP contribution in [-0.2, 0) is 19.1 Å². The van der Waals surface area contributed by atoms with Gasteiger partial charge in [0.1, 0.15) is 12.1 Å². The van der Waals surface area contributed by atoms with Gasteiger partial charge in [-0.25, -0.2) is 4.79 Å². The number of carbonyl (C=O) groups is 4. The van der Waals surface area contributed by atoms with Crippen LogP contribution in [-0.4, -0.2) is 47.4 Å². The molecule has 1 aromatic carbocycles. The van der Waals surface area contributed by atoms with Crippen LogP contribution in [0.2, 0.25) is 0 Å². The van der Waals surface area contributed by atoms with Crippen LogP contribution >= 0.6 is 0 Å². The zero-order valence-corrected chi connectivity index (χ0v) is 15.2. The molecule has 4 amide bonds. The van der Waals surface area contributed by atoms with Gasteiger partial charge < -0.3 is 15.4 Å². The highest BCUT2D eigenvalue weighted by Gasteiger charge is 2.52. The number of amides is 4. The second-order valence-electron chi connectivity index (χ2n) is 7.16. The molecule has 1 saturated heterocycles. The van der Waals surface area contributed by atoms with E-state index in [4.69, 9.17) is 4.74 Å². The normalized spacial score (nSPS) is 24.6. The maximum Gasteiger partial charge on any atom is 0.326 e. The third-order valence-corrected chi connectivity index (χ3v) is 5.08. The highest BCUT2D eigenvalue weighted by Crippen LogP contribution is 2.36. The maximum atomic E-state index is 12.7. The van der Waals surface area contributed by atoms with Crippen LogP contribution in [0.15, 0.2) is 30.3 Å². The zero-order valence-electron chi connectivity index (χ0n) is 15.2. The number of hydrogen-bond donors (Lipinski definition) is 2. The Bertz CT molecular complexity index is 741. The van der Waals surface area contributed by atoms with Crippen molar-refractivity contribution in [2.75, 3.05) is 18.5 Å². The smallest absolute Gasteiger partial charge is 0.326 e. The number of hydrogen-bond acceptors (Lipinski definition) is 5. The van der Waals surface area contributed by atoms with Gasteiger partial charge in [-0.1, -0.05) is 25.1 Å². The largest absolute Gasteiger partial charge is 0.454 e. The summed E-state index contributed by atoms with van der Waals surface area (Å²) in [5, 5.41) is 5.33. The Morgan fingerprint density at radius 2 is 1.89 bits per heavy atom. The van der Waals surface area contributed by atoms with Crippen molar-refractivity contribution in [3.63, 3.8) is 0 Å². The number of esters is 1. The molecule has 1 aliphatic heterocycles. The average molecular weight is 373 g/mol. The Hall–Kier alpha value is -2.90. The molecule has 2 aliphatic rings. The third-order valence-electron chi connectivity index (χ3n) is 5.08. The van der Waals surface area contributed by atoms with E-state index in [9.17, 15) is 19.2 Å². The molecule has 1 spiro atoms. The molecule has 2 fully saturated rings. The molecule has 3 rings (SSSR count). The van der Waals surface area contributed by atoms with Gasteiger partial charge in [0.25, 0.3) is 11.8 Å². The average Bonchev–Trinajstić information content (AvgIpc) is 2.88. The second kappa shape index (κ2) is 7.77. The molecule has 0 atom stereocenters. The van der Waals surface area contributed by atoms with Crippen molar-refractivity contribution in [2.24, 2.45) is 5.92 Å². The van der Waals surface area contributed by atoms with Gasteiger partial charge in [-0.15, -0.1) is 0 Å². The van der Waals surface area contributed by atoms with Crippen LogP contribution in [0.5, 0.6) is 0 Å². The zero-order chi connectivity index (χ0) is 19.4. The van der Waals surface area contributed by atoms with Crippen molar-refractivity contribution in [3.8, 4) is 0 Å². The summed E-state index contributed by atoms with van der Waals surface area (Å²) in [4.78, 5) is 49.5. The van der Waals surface area contributed by atoms with E-state index in [1.165, 1.54) is 0 Å². The lowest BCUT2D eigenvalue weighted by Crippen LogP contribution is -2.49. The highest BCUT2D eigenvalue weighted by molar-refractivity contribution is 6.08. The van der Waals surface area contributed by atoms with Gasteiger partial charge in [0.15, 0.2) is 6.61 Å². The predicted octanol–water partition coefficient (Wildman–Crippen LogP) is 1.67. The molecule has 27 heavy (non-hydrogen) atoms. The first kappa shape index (κ1) is 18.9. The van der Waals surface area contributed by atoms with Crippen LogP contribution in [0.3, 0.4) is 0 Å². The fourth-order valence-corrected chi connectivity index (χ4v) is 3.45. The van der Waals surface area contributed by atoms with Crippen LogP contribution in [0.1, 0.15) is 32.6 Å². The number of rotatable bonds is 5. The van der Waals surface area contributed by atoms with Crippen LogP contribution in [0.25, 0.3) is 0 Å². The van der Waals surface area contributed by atoms with Crippen molar-refractivity contribution in [1.29, 1.82) is 0 Å². The Balaban J connectivity index is 1.49. The van der Waals surface area contributed by atoms with Crippen molar-refractivity contribution in [3.05, 3.63) is 30.3 Å². The standard InChI is InChI=1S/C19H23N3O5/c1-13-7-9-19(10-8-13)17(25)22(18(26)21-19)11-16(24)27-12-15(23)20-14-5-3-2-4-6-14/h2-6,13H,7-12H2,1H3,(H,20,23)(H,21,26). The Kier molecular flexibility index (Phi) is 5.43. The van der Waals surface area contributed by atoms with Gasteiger partial charge in [-0.3, -0.25) is 19.3 Å². The van der Waals surface area contributed by atoms with Gasteiger partial charge in [0.05, 0.1) is 0 Å². The lowest BCUT2D eigenvalue weighted by atomic mass is 9.77. The van der Waals surface area contributed by atoms with Crippen LogP contribution in [0, 0.1) is 5.92 Å². The van der Waals surface area contributed by atoms with Gasteiger partial charge in [0, 0.05) is 5.69 Å². The molecular formula is C19H23N3O5. The molecule has 0 aromatic heterocycles. The molecular weight excluding hydrogens is 350 g/mol. The van der Waals surface area contributed by atoms with E-state index in [0.717, 1.165) is 17.7 Å². The Morgan fingerprint density at radius 1 is 1.22 bits per heavy atom. The fraction of sp³-hybridized carbons (Fsp3) is 0.474. The third kappa shape index (κ3) is 4.27. The number of para-hydroxylation sites is 1. The number of ether oxygens (including phenoxy) is 1. The first-order valence-corrected chi connectivity index (χ1v) is 9.04. The van der Waals surface area contributed by atoms with Gasteiger partial charge in [-0.05, 0) is 43.7 Å². The van der Waals surface area contributed by atoms with E-state index in [2.05, 4.69) is 17.6 Å². The monoisotopic (exact) mass is 373 g/mol. The summed E-state index contributed by atoms with van der Waals surface area (Å²) in [5.74, 6) is -1.17. The first-order valence-electron chi connectivity index (χ1n) is 9.04. The topological polar surface area (TPSA) is 105 Å². The van der Waals surface area contributed by atoms with Crippen molar-refractivity contribution in [1.82, 2.24) is 10.2 Å². The number of imide groups is 1. The SMILES string of the molecule is CC1CCC2(CC1)NC(=O)N(CC(=O)OCC(=O)Nc1ccccc1)C2=O. The predicted molar refractivity (Wildman–Crippen MR) is 96.6 cm³/mol. The molecule has 8 heteroatoms. The molecule has 8 nitrogen and oxygen atoms in total. The highest BCUT2D eigenvalue weighted by atomic mass is 16.5. The van der Waals surface area contributed by atoms with Crippen LogP contribution < -0.4 is 10.6 Å². The summed E-state index contributed by atoms with van der Waals surface area (Å²) < 4.78 is 4.90. The minimum atomic E-state index is -0.894. The number of anilines is 1. The molecule has 1 saturated carbocycles. The summed E-state index contributed by atoms with van der Waals surface area (Å²) in [7, 11) is 0. The number of urea groups is 1. The summed E-state index contributed by atoms with van der Waals surface area (Å²) in [6.07, 6.45) is 2.85. The minimum Gasteiger partial charge on any atom is -0.454 e. The molecule has 1 heterocycles. The van der Waals surface area contributed by atoms with E-state index < -0.39 is 36.6 Å². The van der Waals surface area contributed by atoms with E-state index in [1.807, 2.05) is 6.07 Å². The lowest BCUT2D eigenvalue weighted by molar-refractivity contribution is -0.150.